The fourth-order valence-electron chi connectivity index (χ4n) is 1.72. The van der Waals surface area contributed by atoms with E-state index >= 15 is 0 Å². The third-order valence-electron chi connectivity index (χ3n) is 2.32. The zero-order valence-electron chi connectivity index (χ0n) is 10.1. The van der Waals surface area contributed by atoms with Crippen molar-refractivity contribution in [1.82, 2.24) is 0 Å². The van der Waals surface area contributed by atoms with Crippen molar-refractivity contribution in [1.29, 1.82) is 0 Å². The smallest absolute Gasteiger partial charge is 0.418 e. The van der Waals surface area contributed by atoms with Crippen molar-refractivity contribution in [3.8, 4) is 0 Å². The molecule has 0 aromatic carbocycles. The van der Waals surface area contributed by atoms with Crippen LogP contribution in [0.25, 0.3) is 0 Å². The van der Waals surface area contributed by atoms with Gasteiger partial charge in [0.1, 0.15) is 11.1 Å². The molecular formula is C10H12BrF3O5. The van der Waals surface area contributed by atoms with Gasteiger partial charge < -0.3 is 14.2 Å². The molecule has 0 aromatic rings. The van der Waals surface area contributed by atoms with Crippen LogP contribution in [0.4, 0.5) is 13.2 Å². The maximum Gasteiger partial charge on any atom is 0.418 e. The van der Waals surface area contributed by atoms with E-state index in [2.05, 4.69) is 20.7 Å². The Labute approximate surface area is 115 Å². The molecule has 9 heteroatoms. The molecule has 0 N–H and O–H groups in total. The first-order chi connectivity index (χ1) is 8.61. The number of ether oxygens (including phenoxy) is 3. The standard InChI is InChI=1S/C10H12BrF3O5/c1-4(15)17-6-3-7(11)19-9(10(12,13)14)8(6)18-5(2)16/h6-9H,3H2,1-2H3/t6-,7+,8-,9+/m0/s1. The summed E-state index contributed by atoms with van der Waals surface area (Å²) in [6.45, 7) is 2.03. The summed E-state index contributed by atoms with van der Waals surface area (Å²) in [6, 6.07) is 0. The molecule has 0 unspecified atom stereocenters. The minimum absolute atomic E-state index is 0.0515. The van der Waals surface area contributed by atoms with Crippen LogP contribution in [-0.4, -0.2) is 41.4 Å². The Balaban J connectivity index is 2.98. The number of alkyl halides is 4. The molecule has 1 fully saturated rings. The monoisotopic (exact) mass is 348 g/mol. The van der Waals surface area contributed by atoms with E-state index in [-0.39, 0.29) is 6.42 Å². The molecule has 4 atom stereocenters. The molecule has 1 aliphatic heterocycles. The minimum atomic E-state index is -4.75. The van der Waals surface area contributed by atoms with Gasteiger partial charge in [-0.1, -0.05) is 15.9 Å². The lowest BCUT2D eigenvalue weighted by Gasteiger charge is -2.39. The zero-order chi connectivity index (χ0) is 14.8. The highest BCUT2D eigenvalue weighted by Crippen LogP contribution is 2.37. The van der Waals surface area contributed by atoms with Gasteiger partial charge in [0.25, 0.3) is 0 Å². The van der Waals surface area contributed by atoms with Gasteiger partial charge in [0.05, 0.1) is 0 Å². The van der Waals surface area contributed by atoms with E-state index in [0.717, 1.165) is 13.8 Å². The van der Waals surface area contributed by atoms with Crippen LogP contribution in [0.1, 0.15) is 20.3 Å². The fraction of sp³-hybridized carbons (Fsp3) is 0.800. The van der Waals surface area contributed by atoms with Crippen molar-refractivity contribution in [2.45, 2.75) is 49.8 Å². The van der Waals surface area contributed by atoms with Gasteiger partial charge in [-0.3, -0.25) is 9.59 Å². The highest BCUT2D eigenvalue weighted by Gasteiger charge is 2.55. The number of hydrogen-bond acceptors (Lipinski definition) is 5. The predicted octanol–water partition coefficient (Wildman–Crippen LogP) is 1.92. The first-order valence-electron chi connectivity index (χ1n) is 5.32. The van der Waals surface area contributed by atoms with E-state index in [4.69, 9.17) is 9.47 Å². The second-order valence-corrected chi connectivity index (χ2v) is 4.99. The van der Waals surface area contributed by atoms with Crippen LogP contribution in [0, 0.1) is 0 Å². The Morgan fingerprint density at radius 3 is 2.16 bits per heavy atom. The number of esters is 2. The molecule has 110 valence electrons. The predicted molar refractivity (Wildman–Crippen MR) is 59.4 cm³/mol. The number of rotatable bonds is 2. The quantitative estimate of drug-likeness (QED) is 0.563. The average Bonchev–Trinajstić information content (AvgIpc) is 2.18. The first-order valence-corrected chi connectivity index (χ1v) is 6.23. The molecule has 0 radical (unpaired) electrons. The first kappa shape index (κ1) is 16.2. The Hall–Kier alpha value is -0.830. The fourth-order valence-corrected chi connectivity index (χ4v) is 2.33. The summed E-state index contributed by atoms with van der Waals surface area (Å²) in [6.07, 6.45) is -10.1. The summed E-state index contributed by atoms with van der Waals surface area (Å²) in [5.41, 5.74) is 0. The summed E-state index contributed by atoms with van der Waals surface area (Å²) >= 11 is 2.89. The summed E-state index contributed by atoms with van der Waals surface area (Å²) in [5.74, 6) is -1.67. The summed E-state index contributed by atoms with van der Waals surface area (Å²) < 4.78 is 52.6. The van der Waals surface area contributed by atoms with E-state index in [1.165, 1.54) is 0 Å². The van der Waals surface area contributed by atoms with Crippen LogP contribution in [-0.2, 0) is 23.8 Å². The molecule has 0 saturated carbocycles. The molecule has 1 aliphatic rings. The van der Waals surface area contributed by atoms with Crippen molar-refractivity contribution in [3.05, 3.63) is 0 Å². The van der Waals surface area contributed by atoms with E-state index in [0.29, 0.717) is 0 Å². The summed E-state index contributed by atoms with van der Waals surface area (Å²) in [5, 5.41) is -0.949. The maximum atomic E-state index is 12.8. The maximum absolute atomic E-state index is 12.8. The third kappa shape index (κ3) is 4.64. The van der Waals surface area contributed by atoms with Gasteiger partial charge in [-0.05, 0) is 0 Å². The van der Waals surface area contributed by atoms with Gasteiger partial charge in [0.2, 0.25) is 0 Å². The minimum Gasteiger partial charge on any atom is -0.458 e. The molecule has 1 heterocycles. The van der Waals surface area contributed by atoms with Crippen molar-refractivity contribution >= 4 is 27.9 Å². The molecule has 5 nitrogen and oxygen atoms in total. The van der Waals surface area contributed by atoms with Crippen LogP contribution in [0.5, 0.6) is 0 Å². The van der Waals surface area contributed by atoms with Crippen molar-refractivity contribution < 1.29 is 37.0 Å². The Kier molecular flexibility index (Phi) is 5.19. The van der Waals surface area contributed by atoms with Gasteiger partial charge >= 0.3 is 18.1 Å². The average molecular weight is 349 g/mol. The normalized spacial score (nSPS) is 31.7. The van der Waals surface area contributed by atoms with E-state index < -0.39 is 41.4 Å². The second kappa shape index (κ2) is 6.08. The van der Waals surface area contributed by atoms with Crippen LogP contribution >= 0.6 is 15.9 Å². The van der Waals surface area contributed by atoms with Gasteiger partial charge in [0.15, 0.2) is 12.2 Å². The second-order valence-electron chi connectivity index (χ2n) is 3.97. The van der Waals surface area contributed by atoms with Gasteiger partial charge in [0, 0.05) is 20.3 Å². The number of carbonyl (C=O) groups excluding carboxylic acids is 2. The van der Waals surface area contributed by atoms with Gasteiger partial charge in [-0.15, -0.1) is 0 Å². The molecule has 0 bridgehead atoms. The highest BCUT2D eigenvalue weighted by atomic mass is 79.9. The van der Waals surface area contributed by atoms with E-state index in [1.807, 2.05) is 0 Å². The van der Waals surface area contributed by atoms with Crippen LogP contribution in [0.2, 0.25) is 0 Å². The number of hydrogen-bond donors (Lipinski definition) is 0. The lowest BCUT2D eigenvalue weighted by atomic mass is 10.0. The van der Waals surface area contributed by atoms with Crippen LogP contribution < -0.4 is 0 Å². The number of carbonyl (C=O) groups is 2. The van der Waals surface area contributed by atoms with E-state index in [9.17, 15) is 22.8 Å². The van der Waals surface area contributed by atoms with E-state index in [1.54, 1.807) is 0 Å². The lowest BCUT2D eigenvalue weighted by Crippen LogP contribution is -2.56. The molecule has 1 rings (SSSR count). The SMILES string of the molecule is CC(=O)O[C@H]1[C@@H](OC(C)=O)C[C@H](Br)O[C@H]1C(F)(F)F. The summed E-state index contributed by atoms with van der Waals surface area (Å²) in [4.78, 5) is 21.8. The molecule has 1 saturated heterocycles. The topological polar surface area (TPSA) is 61.8 Å². The zero-order valence-corrected chi connectivity index (χ0v) is 11.7. The summed E-state index contributed by atoms with van der Waals surface area (Å²) in [7, 11) is 0. The highest BCUT2D eigenvalue weighted by molar-refractivity contribution is 9.09. The Morgan fingerprint density at radius 1 is 1.21 bits per heavy atom. The van der Waals surface area contributed by atoms with Gasteiger partial charge in [-0.2, -0.15) is 13.2 Å². The van der Waals surface area contributed by atoms with Crippen LogP contribution in [0.3, 0.4) is 0 Å². The molecule has 19 heavy (non-hydrogen) atoms. The molecule has 0 aromatic heterocycles. The third-order valence-corrected chi connectivity index (χ3v) is 2.91. The molecule has 0 aliphatic carbocycles. The van der Waals surface area contributed by atoms with Crippen molar-refractivity contribution in [2.24, 2.45) is 0 Å². The Bertz CT molecular complexity index is 360. The molecule has 0 spiro atoms. The number of halogens is 4. The van der Waals surface area contributed by atoms with Crippen molar-refractivity contribution in [3.63, 3.8) is 0 Å². The molecular weight excluding hydrogens is 337 g/mol. The lowest BCUT2D eigenvalue weighted by molar-refractivity contribution is -0.283. The Morgan fingerprint density at radius 2 is 1.74 bits per heavy atom. The van der Waals surface area contributed by atoms with Gasteiger partial charge in [-0.25, -0.2) is 0 Å². The largest absolute Gasteiger partial charge is 0.458 e. The molecule has 0 amide bonds. The van der Waals surface area contributed by atoms with Crippen LogP contribution in [0.15, 0.2) is 0 Å². The van der Waals surface area contributed by atoms with Crippen molar-refractivity contribution in [2.75, 3.05) is 0 Å².